The molecular formula is C18H23NOS. The highest BCUT2D eigenvalue weighted by molar-refractivity contribution is 7.99. The summed E-state index contributed by atoms with van der Waals surface area (Å²) < 4.78 is 0. The Morgan fingerprint density at radius 1 is 1.05 bits per heavy atom. The quantitative estimate of drug-likeness (QED) is 0.848. The van der Waals surface area contributed by atoms with Gasteiger partial charge in [-0.15, -0.1) is 0 Å². The zero-order valence-corrected chi connectivity index (χ0v) is 13.7. The number of hydrogen-bond donors (Lipinski definition) is 2. The van der Waals surface area contributed by atoms with Gasteiger partial charge in [-0.2, -0.15) is 0 Å². The lowest BCUT2D eigenvalue weighted by Crippen LogP contribution is -2.35. The highest BCUT2D eigenvalue weighted by atomic mass is 32.2. The van der Waals surface area contributed by atoms with Crippen molar-refractivity contribution in [2.24, 2.45) is 5.92 Å². The van der Waals surface area contributed by atoms with Crippen molar-refractivity contribution in [2.45, 2.75) is 29.2 Å². The highest BCUT2D eigenvalue weighted by Crippen LogP contribution is 2.32. The summed E-state index contributed by atoms with van der Waals surface area (Å²) in [4.78, 5) is 2.41. The third-order valence-corrected chi connectivity index (χ3v) is 4.90. The molecule has 0 heterocycles. The van der Waals surface area contributed by atoms with Crippen LogP contribution >= 0.6 is 11.8 Å². The molecule has 21 heavy (non-hydrogen) atoms. The maximum atomic E-state index is 10.7. The molecule has 3 heteroatoms. The molecule has 112 valence electrons. The van der Waals surface area contributed by atoms with Crippen molar-refractivity contribution in [3.8, 4) is 0 Å². The molecule has 0 aliphatic carbocycles. The molecule has 0 bridgehead atoms. The van der Waals surface area contributed by atoms with E-state index in [1.165, 1.54) is 9.79 Å². The maximum absolute atomic E-state index is 10.7. The topological polar surface area (TPSA) is 32.3 Å². The van der Waals surface area contributed by atoms with Crippen LogP contribution < -0.4 is 5.32 Å². The Bertz CT molecular complexity index is 551. The highest BCUT2D eigenvalue weighted by Gasteiger charge is 2.29. The van der Waals surface area contributed by atoms with E-state index in [0.717, 1.165) is 12.1 Å². The second-order valence-electron chi connectivity index (χ2n) is 5.55. The van der Waals surface area contributed by atoms with Gasteiger partial charge >= 0.3 is 0 Å². The van der Waals surface area contributed by atoms with Gasteiger partial charge in [0.05, 0.1) is 5.60 Å². The minimum absolute atomic E-state index is 0.148. The lowest BCUT2D eigenvalue weighted by Gasteiger charge is -2.31. The Morgan fingerprint density at radius 2 is 1.62 bits per heavy atom. The molecule has 0 saturated heterocycles. The smallest absolute Gasteiger partial charge is 0.0906 e. The van der Waals surface area contributed by atoms with E-state index in [1.807, 2.05) is 44.3 Å². The van der Waals surface area contributed by atoms with E-state index in [-0.39, 0.29) is 5.92 Å². The lowest BCUT2D eigenvalue weighted by molar-refractivity contribution is 0.00252. The number of hydrogen-bond acceptors (Lipinski definition) is 3. The summed E-state index contributed by atoms with van der Waals surface area (Å²) in [5, 5.41) is 13.8. The summed E-state index contributed by atoms with van der Waals surface area (Å²) in [5.74, 6) is 0.148. The fourth-order valence-electron chi connectivity index (χ4n) is 2.27. The van der Waals surface area contributed by atoms with Crippen LogP contribution in [0.5, 0.6) is 0 Å². The Labute approximate surface area is 131 Å². The molecule has 0 fully saturated rings. The monoisotopic (exact) mass is 301 g/mol. The Kier molecular flexibility index (Phi) is 5.45. The van der Waals surface area contributed by atoms with Crippen molar-refractivity contribution in [3.05, 3.63) is 60.2 Å². The molecule has 0 radical (unpaired) electrons. The third-order valence-electron chi connectivity index (χ3n) is 3.89. The van der Waals surface area contributed by atoms with Gasteiger partial charge in [-0.25, -0.2) is 0 Å². The fraction of sp³-hybridized carbons (Fsp3) is 0.333. The summed E-state index contributed by atoms with van der Waals surface area (Å²) >= 11 is 1.73. The molecule has 0 aliphatic heterocycles. The molecule has 2 nitrogen and oxygen atoms in total. The van der Waals surface area contributed by atoms with Crippen LogP contribution in [0.2, 0.25) is 0 Å². The van der Waals surface area contributed by atoms with Gasteiger partial charge in [0.2, 0.25) is 0 Å². The summed E-state index contributed by atoms with van der Waals surface area (Å²) in [6, 6.07) is 18.5. The van der Waals surface area contributed by atoms with Gasteiger partial charge in [0.15, 0.2) is 0 Å². The average Bonchev–Trinajstić information content (AvgIpc) is 2.49. The Hall–Kier alpha value is -1.29. The first-order valence-electron chi connectivity index (χ1n) is 7.24. The Morgan fingerprint density at radius 3 is 2.19 bits per heavy atom. The average molecular weight is 301 g/mol. The van der Waals surface area contributed by atoms with Gasteiger partial charge in [-0.3, -0.25) is 0 Å². The van der Waals surface area contributed by atoms with Gasteiger partial charge < -0.3 is 10.4 Å². The predicted molar refractivity (Wildman–Crippen MR) is 89.7 cm³/mol. The molecule has 2 N–H and O–H groups in total. The van der Waals surface area contributed by atoms with Crippen molar-refractivity contribution in [3.63, 3.8) is 0 Å². The minimum atomic E-state index is -0.820. The zero-order chi connectivity index (χ0) is 15.3. The van der Waals surface area contributed by atoms with E-state index < -0.39 is 5.60 Å². The molecule has 2 aromatic carbocycles. The van der Waals surface area contributed by atoms with Gasteiger partial charge in [0.25, 0.3) is 0 Å². The molecule has 2 rings (SSSR count). The molecule has 0 amide bonds. The largest absolute Gasteiger partial charge is 0.385 e. The standard InChI is InChI=1S/C18H23NOS/c1-14(13-19-3)18(2,20)15-9-11-17(12-10-15)21-16-7-5-4-6-8-16/h4-12,14,19-20H,13H2,1-3H3. The normalized spacial score (nSPS) is 15.4. The lowest BCUT2D eigenvalue weighted by atomic mass is 9.84. The zero-order valence-electron chi connectivity index (χ0n) is 12.8. The van der Waals surface area contributed by atoms with E-state index in [0.29, 0.717) is 0 Å². The molecule has 2 unspecified atom stereocenters. The first kappa shape index (κ1) is 16.1. The summed E-state index contributed by atoms with van der Waals surface area (Å²) in [7, 11) is 1.91. The summed E-state index contributed by atoms with van der Waals surface area (Å²) in [6.07, 6.45) is 0. The van der Waals surface area contributed by atoms with Crippen LogP contribution in [0.1, 0.15) is 19.4 Å². The first-order chi connectivity index (χ1) is 10.0. The molecule has 0 saturated carbocycles. The van der Waals surface area contributed by atoms with Gasteiger partial charge in [-0.05, 0) is 43.8 Å². The van der Waals surface area contributed by atoms with Gasteiger partial charge in [0.1, 0.15) is 0 Å². The molecule has 2 aromatic rings. The van der Waals surface area contributed by atoms with Crippen molar-refractivity contribution < 1.29 is 5.11 Å². The van der Waals surface area contributed by atoms with Gasteiger partial charge in [-0.1, -0.05) is 49.0 Å². The minimum Gasteiger partial charge on any atom is -0.385 e. The molecular weight excluding hydrogens is 278 g/mol. The SMILES string of the molecule is CNCC(C)C(C)(O)c1ccc(Sc2ccccc2)cc1. The molecule has 2 atom stereocenters. The van der Waals surface area contributed by atoms with Crippen LogP contribution in [0.3, 0.4) is 0 Å². The van der Waals surface area contributed by atoms with Crippen LogP contribution in [0.25, 0.3) is 0 Å². The van der Waals surface area contributed by atoms with E-state index in [1.54, 1.807) is 11.8 Å². The fourth-order valence-corrected chi connectivity index (χ4v) is 3.11. The molecule has 0 spiro atoms. The van der Waals surface area contributed by atoms with Crippen LogP contribution in [0.15, 0.2) is 64.4 Å². The third kappa shape index (κ3) is 4.10. The predicted octanol–water partition coefficient (Wildman–Crippen LogP) is 3.90. The van der Waals surface area contributed by atoms with Crippen molar-refractivity contribution in [1.82, 2.24) is 5.32 Å². The number of rotatable bonds is 6. The van der Waals surface area contributed by atoms with Crippen LogP contribution in [0, 0.1) is 5.92 Å². The second-order valence-corrected chi connectivity index (χ2v) is 6.69. The van der Waals surface area contributed by atoms with Crippen molar-refractivity contribution in [1.29, 1.82) is 0 Å². The molecule has 0 aliphatic rings. The second kappa shape index (κ2) is 7.12. The number of aliphatic hydroxyl groups is 1. The van der Waals surface area contributed by atoms with E-state index >= 15 is 0 Å². The number of benzene rings is 2. The van der Waals surface area contributed by atoms with E-state index in [4.69, 9.17) is 0 Å². The van der Waals surface area contributed by atoms with Crippen LogP contribution in [-0.2, 0) is 5.60 Å². The summed E-state index contributed by atoms with van der Waals surface area (Å²) in [5.41, 5.74) is 0.140. The van der Waals surface area contributed by atoms with Crippen molar-refractivity contribution >= 4 is 11.8 Å². The van der Waals surface area contributed by atoms with Crippen LogP contribution in [0.4, 0.5) is 0 Å². The first-order valence-corrected chi connectivity index (χ1v) is 8.06. The van der Waals surface area contributed by atoms with E-state index in [2.05, 4.69) is 36.5 Å². The maximum Gasteiger partial charge on any atom is 0.0906 e. The number of nitrogens with one attached hydrogen (secondary N) is 1. The van der Waals surface area contributed by atoms with Crippen LogP contribution in [-0.4, -0.2) is 18.7 Å². The van der Waals surface area contributed by atoms with Gasteiger partial charge in [0, 0.05) is 22.3 Å². The van der Waals surface area contributed by atoms with E-state index in [9.17, 15) is 5.11 Å². The van der Waals surface area contributed by atoms with Crippen molar-refractivity contribution in [2.75, 3.05) is 13.6 Å². The Balaban J connectivity index is 2.11. The molecule has 0 aromatic heterocycles. The summed E-state index contributed by atoms with van der Waals surface area (Å²) in [6.45, 7) is 4.73.